The topological polar surface area (TPSA) is 61.2 Å². The molecule has 4 heteroatoms. The van der Waals surface area contributed by atoms with E-state index < -0.39 is 0 Å². The number of nitrogens with zero attached hydrogens (tertiary/aromatic N) is 1. The maximum absolute atomic E-state index is 11.8. The molecule has 2 atom stereocenters. The van der Waals surface area contributed by atoms with E-state index in [1.54, 1.807) is 4.57 Å². The molecule has 1 heterocycles. The molecule has 19 heavy (non-hydrogen) atoms. The molecule has 2 rings (SSSR count). The van der Waals surface area contributed by atoms with Crippen LogP contribution in [0.25, 0.3) is 11.1 Å². The van der Waals surface area contributed by atoms with Gasteiger partial charge in [0.05, 0.1) is 5.52 Å². The van der Waals surface area contributed by atoms with Gasteiger partial charge in [0, 0.05) is 12.6 Å². The highest BCUT2D eigenvalue weighted by molar-refractivity contribution is 5.74. The van der Waals surface area contributed by atoms with Gasteiger partial charge >= 0.3 is 5.76 Å². The molecule has 2 unspecified atom stereocenters. The lowest BCUT2D eigenvalue weighted by Gasteiger charge is -2.18. The van der Waals surface area contributed by atoms with Crippen LogP contribution in [0, 0.1) is 5.92 Å². The molecule has 2 N–H and O–H groups in total. The highest BCUT2D eigenvalue weighted by Crippen LogP contribution is 2.25. The summed E-state index contributed by atoms with van der Waals surface area (Å²) in [5.74, 6) is 0.119. The molecule has 0 radical (unpaired) electrons. The third kappa shape index (κ3) is 2.59. The Labute approximate surface area is 113 Å². The summed E-state index contributed by atoms with van der Waals surface area (Å²) in [6.45, 7) is 6.98. The lowest BCUT2D eigenvalue weighted by molar-refractivity contribution is 0.456. The molecular weight excluding hydrogens is 240 g/mol. The molecule has 0 amide bonds. The number of fused-ring (bicyclic) bond motifs is 1. The van der Waals surface area contributed by atoms with Crippen LogP contribution in [-0.2, 0) is 6.54 Å². The fraction of sp³-hybridized carbons (Fsp3) is 0.533. The molecule has 0 bridgehead atoms. The van der Waals surface area contributed by atoms with Gasteiger partial charge in [0.15, 0.2) is 5.58 Å². The van der Waals surface area contributed by atoms with E-state index in [1.165, 1.54) is 0 Å². The van der Waals surface area contributed by atoms with E-state index in [2.05, 4.69) is 13.8 Å². The quantitative estimate of drug-likeness (QED) is 0.900. The normalized spacial score (nSPS) is 14.7. The largest absolute Gasteiger partial charge is 0.419 e. The van der Waals surface area contributed by atoms with Crippen LogP contribution in [-0.4, -0.2) is 4.57 Å². The summed E-state index contributed by atoms with van der Waals surface area (Å²) in [6, 6.07) is 5.82. The minimum Gasteiger partial charge on any atom is -0.408 e. The van der Waals surface area contributed by atoms with Gasteiger partial charge in [-0.15, -0.1) is 0 Å². The Hall–Kier alpha value is -1.55. The second kappa shape index (κ2) is 5.61. The summed E-state index contributed by atoms with van der Waals surface area (Å²) in [4.78, 5) is 11.8. The predicted octanol–water partition coefficient (Wildman–Crippen LogP) is 3.05. The molecule has 0 aliphatic heterocycles. The van der Waals surface area contributed by atoms with E-state index in [0.29, 0.717) is 18.0 Å². The maximum atomic E-state index is 11.8. The van der Waals surface area contributed by atoms with Crippen LogP contribution >= 0.6 is 0 Å². The van der Waals surface area contributed by atoms with Crippen molar-refractivity contribution in [3.8, 4) is 0 Å². The molecule has 0 saturated carbocycles. The van der Waals surface area contributed by atoms with Crippen LogP contribution in [0.3, 0.4) is 0 Å². The summed E-state index contributed by atoms with van der Waals surface area (Å²) in [7, 11) is 0. The third-order valence-electron chi connectivity index (χ3n) is 3.78. The second-order valence-corrected chi connectivity index (χ2v) is 5.16. The molecule has 0 fully saturated rings. The number of rotatable bonds is 5. The highest BCUT2D eigenvalue weighted by Gasteiger charge is 2.16. The van der Waals surface area contributed by atoms with E-state index >= 15 is 0 Å². The summed E-state index contributed by atoms with van der Waals surface area (Å²) >= 11 is 0. The van der Waals surface area contributed by atoms with E-state index in [9.17, 15) is 4.79 Å². The van der Waals surface area contributed by atoms with Gasteiger partial charge in [0.2, 0.25) is 0 Å². The molecule has 0 aliphatic carbocycles. The first kappa shape index (κ1) is 13.9. The van der Waals surface area contributed by atoms with Crippen molar-refractivity contribution in [3.05, 3.63) is 34.3 Å². The standard InChI is InChI=1S/C15H22N2O2/c1-4-8-17-12-7-6-11(14(16)10(3)5-2)9-13(12)19-15(17)18/h6-7,9-10,14H,4-5,8,16H2,1-3H3. The Bertz CT molecular complexity index is 612. The van der Waals surface area contributed by atoms with Crippen LogP contribution in [0.1, 0.15) is 45.2 Å². The van der Waals surface area contributed by atoms with Crippen molar-refractivity contribution in [1.82, 2.24) is 4.57 Å². The molecule has 1 aromatic carbocycles. The molecule has 1 aromatic heterocycles. The number of hydrogen-bond donors (Lipinski definition) is 1. The Kier molecular flexibility index (Phi) is 4.10. The first-order chi connectivity index (χ1) is 9.08. The van der Waals surface area contributed by atoms with Gasteiger partial charge in [-0.3, -0.25) is 4.57 Å². The fourth-order valence-corrected chi connectivity index (χ4v) is 2.31. The van der Waals surface area contributed by atoms with Crippen molar-refractivity contribution >= 4 is 11.1 Å². The third-order valence-corrected chi connectivity index (χ3v) is 3.78. The van der Waals surface area contributed by atoms with Crippen LogP contribution in [0.2, 0.25) is 0 Å². The fourth-order valence-electron chi connectivity index (χ4n) is 2.31. The summed E-state index contributed by atoms with van der Waals surface area (Å²) in [5.41, 5.74) is 8.73. The maximum Gasteiger partial charge on any atom is 0.419 e. The van der Waals surface area contributed by atoms with Crippen LogP contribution in [0.5, 0.6) is 0 Å². The molecule has 2 aromatic rings. The van der Waals surface area contributed by atoms with E-state index in [0.717, 1.165) is 23.9 Å². The van der Waals surface area contributed by atoms with Crippen molar-refractivity contribution in [2.75, 3.05) is 0 Å². The first-order valence-electron chi connectivity index (χ1n) is 6.97. The van der Waals surface area contributed by atoms with Gasteiger partial charge in [-0.05, 0) is 30.0 Å². The van der Waals surface area contributed by atoms with Crippen molar-refractivity contribution in [2.45, 2.75) is 46.2 Å². The predicted molar refractivity (Wildman–Crippen MR) is 77.1 cm³/mol. The van der Waals surface area contributed by atoms with Crippen LogP contribution in [0.15, 0.2) is 27.4 Å². The Morgan fingerprint density at radius 3 is 2.74 bits per heavy atom. The number of benzene rings is 1. The molecule has 0 saturated heterocycles. The monoisotopic (exact) mass is 262 g/mol. The Morgan fingerprint density at radius 1 is 1.37 bits per heavy atom. The molecule has 4 nitrogen and oxygen atoms in total. The molecule has 0 spiro atoms. The minimum absolute atomic E-state index is 0.0192. The average molecular weight is 262 g/mol. The van der Waals surface area contributed by atoms with E-state index in [4.69, 9.17) is 10.2 Å². The van der Waals surface area contributed by atoms with Gasteiger partial charge in [-0.25, -0.2) is 4.79 Å². The van der Waals surface area contributed by atoms with Gasteiger partial charge in [-0.2, -0.15) is 0 Å². The molecule has 104 valence electrons. The van der Waals surface area contributed by atoms with Crippen molar-refractivity contribution < 1.29 is 4.42 Å². The van der Waals surface area contributed by atoms with Crippen molar-refractivity contribution in [3.63, 3.8) is 0 Å². The zero-order valence-electron chi connectivity index (χ0n) is 11.8. The van der Waals surface area contributed by atoms with E-state index in [-0.39, 0.29) is 11.8 Å². The minimum atomic E-state index is -0.286. The summed E-state index contributed by atoms with van der Waals surface area (Å²) in [5, 5.41) is 0. The Morgan fingerprint density at radius 2 is 2.11 bits per heavy atom. The van der Waals surface area contributed by atoms with Gasteiger partial charge < -0.3 is 10.2 Å². The van der Waals surface area contributed by atoms with Crippen molar-refractivity contribution in [2.24, 2.45) is 11.7 Å². The lowest BCUT2D eigenvalue weighted by Crippen LogP contribution is -2.18. The number of nitrogens with two attached hydrogens (primary N) is 1. The number of aromatic nitrogens is 1. The SMILES string of the molecule is CCCn1c(=O)oc2cc(C(N)C(C)CC)ccc21. The Balaban J connectivity index is 2.45. The number of aryl methyl sites for hydroxylation is 1. The molecular formula is C15H22N2O2. The average Bonchev–Trinajstić information content (AvgIpc) is 2.73. The molecule has 0 aliphatic rings. The zero-order valence-corrected chi connectivity index (χ0v) is 11.8. The van der Waals surface area contributed by atoms with Gasteiger partial charge in [-0.1, -0.05) is 33.3 Å². The lowest BCUT2D eigenvalue weighted by atomic mass is 9.93. The number of hydrogen-bond acceptors (Lipinski definition) is 3. The number of oxazole rings is 1. The zero-order chi connectivity index (χ0) is 14.0. The summed E-state index contributed by atoms with van der Waals surface area (Å²) < 4.78 is 6.98. The second-order valence-electron chi connectivity index (χ2n) is 5.16. The smallest absolute Gasteiger partial charge is 0.408 e. The van der Waals surface area contributed by atoms with Crippen molar-refractivity contribution in [1.29, 1.82) is 0 Å². The van der Waals surface area contributed by atoms with Crippen LogP contribution in [0.4, 0.5) is 0 Å². The first-order valence-corrected chi connectivity index (χ1v) is 6.97. The van der Waals surface area contributed by atoms with Crippen LogP contribution < -0.4 is 11.5 Å². The summed E-state index contributed by atoms with van der Waals surface area (Å²) in [6.07, 6.45) is 1.93. The highest BCUT2D eigenvalue weighted by atomic mass is 16.4. The van der Waals surface area contributed by atoms with Gasteiger partial charge in [0.1, 0.15) is 0 Å². The van der Waals surface area contributed by atoms with Gasteiger partial charge in [0.25, 0.3) is 0 Å². The van der Waals surface area contributed by atoms with E-state index in [1.807, 2.05) is 25.1 Å².